The second-order valence-electron chi connectivity index (χ2n) is 6.05. The average Bonchev–Trinajstić information content (AvgIpc) is 2.86. The Bertz CT molecular complexity index is 811. The van der Waals surface area contributed by atoms with Gasteiger partial charge in [0.2, 0.25) is 0 Å². The van der Waals surface area contributed by atoms with Crippen LogP contribution in [0.5, 0.6) is 11.5 Å². The van der Waals surface area contributed by atoms with Gasteiger partial charge >= 0.3 is 6.18 Å². The SMILES string of the molecule is I.NC(=NCCc1ccc(C(F)(F)F)cc1)Nc1ccc2c(c1)OCCCO2. The van der Waals surface area contributed by atoms with Crippen LogP contribution in [0, 0.1) is 0 Å². The van der Waals surface area contributed by atoms with Crippen molar-refractivity contribution in [3.05, 3.63) is 53.6 Å². The lowest BCUT2D eigenvalue weighted by molar-refractivity contribution is -0.137. The van der Waals surface area contributed by atoms with Gasteiger partial charge in [0.25, 0.3) is 0 Å². The van der Waals surface area contributed by atoms with Crippen LogP contribution in [0.1, 0.15) is 17.5 Å². The number of halogens is 4. The smallest absolute Gasteiger partial charge is 0.416 e. The van der Waals surface area contributed by atoms with Gasteiger partial charge in [-0.3, -0.25) is 4.99 Å². The second kappa shape index (κ2) is 9.85. The zero-order valence-corrected chi connectivity index (χ0v) is 17.3. The predicted octanol–water partition coefficient (Wildman–Crippen LogP) is 4.45. The molecule has 0 unspecified atom stereocenters. The molecule has 0 spiro atoms. The lowest BCUT2D eigenvalue weighted by Gasteiger charge is -2.11. The Balaban J connectivity index is 0.00000280. The Hall–Kier alpha value is -2.17. The molecular formula is C19H21F3IN3O2. The maximum atomic E-state index is 12.5. The Morgan fingerprint density at radius 2 is 1.71 bits per heavy atom. The van der Waals surface area contributed by atoms with Gasteiger partial charge in [0.15, 0.2) is 17.5 Å². The molecule has 1 heterocycles. The molecule has 0 bridgehead atoms. The molecule has 0 atom stereocenters. The molecule has 0 fully saturated rings. The summed E-state index contributed by atoms with van der Waals surface area (Å²) in [5.41, 5.74) is 6.69. The molecule has 152 valence electrons. The Morgan fingerprint density at radius 3 is 2.39 bits per heavy atom. The zero-order chi connectivity index (χ0) is 19.3. The first kappa shape index (κ1) is 22.1. The van der Waals surface area contributed by atoms with E-state index in [0.717, 1.165) is 29.8 Å². The van der Waals surface area contributed by atoms with Crippen molar-refractivity contribution in [2.75, 3.05) is 25.1 Å². The number of anilines is 1. The number of guanidine groups is 1. The van der Waals surface area contributed by atoms with Gasteiger partial charge in [-0.1, -0.05) is 12.1 Å². The van der Waals surface area contributed by atoms with Crippen molar-refractivity contribution in [1.82, 2.24) is 0 Å². The van der Waals surface area contributed by atoms with E-state index in [4.69, 9.17) is 15.2 Å². The number of benzene rings is 2. The van der Waals surface area contributed by atoms with Crippen LogP contribution in [0.4, 0.5) is 18.9 Å². The van der Waals surface area contributed by atoms with E-state index < -0.39 is 11.7 Å². The van der Waals surface area contributed by atoms with Crippen LogP contribution in [0.3, 0.4) is 0 Å². The molecule has 0 aromatic heterocycles. The topological polar surface area (TPSA) is 68.9 Å². The number of rotatable bonds is 4. The average molecular weight is 507 g/mol. The predicted molar refractivity (Wildman–Crippen MR) is 113 cm³/mol. The fraction of sp³-hybridized carbons (Fsp3) is 0.316. The van der Waals surface area contributed by atoms with E-state index in [2.05, 4.69) is 10.3 Å². The van der Waals surface area contributed by atoms with Crippen LogP contribution in [0.2, 0.25) is 0 Å². The molecule has 2 aromatic rings. The number of hydrogen-bond acceptors (Lipinski definition) is 3. The molecule has 0 aliphatic carbocycles. The van der Waals surface area contributed by atoms with E-state index in [1.165, 1.54) is 12.1 Å². The fourth-order valence-corrected chi connectivity index (χ4v) is 2.59. The highest BCUT2D eigenvalue weighted by Gasteiger charge is 2.29. The number of ether oxygens (including phenoxy) is 2. The van der Waals surface area contributed by atoms with Crippen LogP contribution in [0.15, 0.2) is 47.5 Å². The molecule has 3 N–H and O–H groups in total. The summed E-state index contributed by atoms with van der Waals surface area (Å²) in [5.74, 6) is 1.56. The summed E-state index contributed by atoms with van der Waals surface area (Å²) in [6.07, 6.45) is -3.01. The van der Waals surface area contributed by atoms with E-state index >= 15 is 0 Å². The molecule has 0 amide bonds. The van der Waals surface area contributed by atoms with Crippen LogP contribution in [0.25, 0.3) is 0 Å². The third-order valence-electron chi connectivity index (χ3n) is 3.98. The van der Waals surface area contributed by atoms with Crippen molar-refractivity contribution in [3.63, 3.8) is 0 Å². The summed E-state index contributed by atoms with van der Waals surface area (Å²) >= 11 is 0. The molecule has 28 heavy (non-hydrogen) atoms. The van der Waals surface area contributed by atoms with Crippen molar-refractivity contribution in [3.8, 4) is 11.5 Å². The highest BCUT2D eigenvalue weighted by molar-refractivity contribution is 14.0. The Morgan fingerprint density at radius 1 is 1.04 bits per heavy atom. The highest BCUT2D eigenvalue weighted by Crippen LogP contribution is 2.32. The van der Waals surface area contributed by atoms with Gasteiger partial charge in [-0.15, -0.1) is 24.0 Å². The quantitative estimate of drug-likeness (QED) is 0.365. The summed E-state index contributed by atoms with van der Waals surface area (Å²) in [6.45, 7) is 1.56. The number of nitrogens with two attached hydrogens (primary N) is 1. The standard InChI is InChI=1S/C19H20F3N3O2.HI/c20-19(21,22)14-4-2-13(3-5-14)8-9-24-18(23)25-15-6-7-16-17(12-15)27-11-1-10-26-16;/h2-7,12H,1,8-11H2,(H3,23,24,25);1H. The molecule has 2 aromatic carbocycles. The first-order chi connectivity index (χ1) is 12.9. The second-order valence-corrected chi connectivity index (χ2v) is 6.05. The summed E-state index contributed by atoms with van der Waals surface area (Å²) in [7, 11) is 0. The van der Waals surface area contributed by atoms with Gasteiger partial charge in [-0.25, -0.2) is 0 Å². The minimum atomic E-state index is -4.33. The molecule has 0 radical (unpaired) electrons. The summed E-state index contributed by atoms with van der Waals surface area (Å²) in [5, 5.41) is 2.97. The minimum absolute atomic E-state index is 0. The van der Waals surface area contributed by atoms with E-state index in [-0.39, 0.29) is 29.9 Å². The summed E-state index contributed by atoms with van der Waals surface area (Å²) < 4.78 is 48.8. The van der Waals surface area contributed by atoms with Crippen LogP contribution in [-0.2, 0) is 12.6 Å². The van der Waals surface area contributed by atoms with Crippen molar-refractivity contribution in [2.45, 2.75) is 19.0 Å². The summed E-state index contributed by atoms with van der Waals surface area (Å²) in [6, 6.07) is 10.4. The van der Waals surface area contributed by atoms with Gasteiger partial charge in [0.05, 0.1) is 18.8 Å². The fourth-order valence-electron chi connectivity index (χ4n) is 2.59. The largest absolute Gasteiger partial charge is 0.490 e. The van der Waals surface area contributed by atoms with Crippen LogP contribution < -0.4 is 20.5 Å². The number of fused-ring (bicyclic) bond motifs is 1. The Kier molecular flexibility index (Phi) is 7.78. The zero-order valence-electron chi connectivity index (χ0n) is 15.0. The summed E-state index contributed by atoms with van der Waals surface area (Å²) in [4.78, 5) is 4.21. The highest BCUT2D eigenvalue weighted by atomic mass is 127. The van der Waals surface area contributed by atoms with Gasteiger partial charge in [-0.05, 0) is 36.2 Å². The molecule has 1 aliphatic heterocycles. The van der Waals surface area contributed by atoms with E-state index in [9.17, 15) is 13.2 Å². The molecule has 9 heteroatoms. The van der Waals surface area contributed by atoms with E-state index in [1.54, 1.807) is 12.1 Å². The normalized spacial score (nSPS) is 14.0. The van der Waals surface area contributed by atoms with Crippen LogP contribution >= 0.6 is 24.0 Å². The molecule has 5 nitrogen and oxygen atoms in total. The molecule has 1 aliphatic rings. The van der Waals surface area contributed by atoms with Crippen molar-refractivity contribution < 1.29 is 22.6 Å². The lowest BCUT2D eigenvalue weighted by atomic mass is 10.1. The van der Waals surface area contributed by atoms with Gasteiger partial charge in [0.1, 0.15) is 0 Å². The van der Waals surface area contributed by atoms with Crippen LogP contribution in [-0.4, -0.2) is 25.7 Å². The third-order valence-corrected chi connectivity index (χ3v) is 3.98. The number of aliphatic imine (C=N–C) groups is 1. The Labute approximate surface area is 178 Å². The molecule has 0 saturated carbocycles. The molecule has 3 rings (SSSR count). The van der Waals surface area contributed by atoms with Gasteiger partial charge < -0.3 is 20.5 Å². The van der Waals surface area contributed by atoms with Crippen molar-refractivity contribution in [1.29, 1.82) is 0 Å². The number of nitrogens with one attached hydrogen (secondary N) is 1. The third kappa shape index (κ3) is 6.18. The monoisotopic (exact) mass is 507 g/mol. The number of nitrogens with zero attached hydrogens (tertiary/aromatic N) is 1. The van der Waals surface area contributed by atoms with Crippen molar-refractivity contribution in [2.24, 2.45) is 10.7 Å². The van der Waals surface area contributed by atoms with E-state index in [0.29, 0.717) is 37.7 Å². The number of alkyl halides is 3. The first-order valence-corrected chi connectivity index (χ1v) is 8.54. The number of hydrogen-bond donors (Lipinski definition) is 2. The lowest BCUT2D eigenvalue weighted by Crippen LogP contribution is -2.23. The molecule has 0 saturated heterocycles. The van der Waals surface area contributed by atoms with Gasteiger partial charge in [0, 0.05) is 24.7 Å². The molecular weight excluding hydrogens is 486 g/mol. The van der Waals surface area contributed by atoms with E-state index in [1.807, 2.05) is 6.07 Å². The first-order valence-electron chi connectivity index (χ1n) is 8.54. The minimum Gasteiger partial charge on any atom is -0.490 e. The van der Waals surface area contributed by atoms with Gasteiger partial charge in [-0.2, -0.15) is 13.2 Å². The maximum Gasteiger partial charge on any atom is 0.416 e. The van der Waals surface area contributed by atoms with Crippen molar-refractivity contribution >= 4 is 35.6 Å². The maximum absolute atomic E-state index is 12.5.